The smallest absolute Gasteiger partial charge is 0.301 e. The van der Waals surface area contributed by atoms with Crippen LogP contribution in [-0.2, 0) is 11.3 Å². The Balaban J connectivity index is 1.76. The first kappa shape index (κ1) is 20.5. The van der Waals surface area contributed by atoms with Crippen LogP contribution in [0.4, 0.5) is 6.01 Å². The predicted molar refractivity (Wildman–Crippen MR) is 101 cm³/mol. The molecule has 0 bridgehead atoms. The van der Waals surface area contributed by atoms with Crippen LogP contribution in [0.3, 0.4) is 0 Å². The molecule has 0 radical (unpaired) electrons. The Morgan fingerprint density at radius 1 is 1.26 bits per heavy atom. The lowest BCUT2D eigenvalue weighted by molar-refractivity contribution is -0.120. The van der Waals surface area contributed by atoms with Crippen LogP contribution in [0, 0.1) is 0 Å². The predicted octanol–water partition coefficient (Wildman–Crippen LogP) is 0.868. The molecule has 2 rings (SSSR count). The van der Waals surface area contributed by atoms with Crippen molar-refractivity contribution in [3.8, 4) is 0 Å². The van der Waals surface area contributed by atoms with Gasteiger partial charge in [-0.15, -0.1) is 0 Å². The molecular weight excluding hydrogens is 348 g/mol. The molecule has 0 aliphatic rings. The lowest BCUT2D eigenvalue weighted by atomic mass is 10.2. The molecule has 2 amide bonds. The number of anilines is 1. The third-order valence-electron chi connectivity index (χ3n) is 3.74. The monoisotopic (exact) mass is 374 g/mol. The zero-order valence-electron chi connectivity index (χ0n) is 15.9. The summed E-state index contributed by atoms with van der Waals surface area (Å²) in [6.45, 7) is 3.46. The van der Waals surface area contributed by atoms with E-state index in [4.69, 9.17) is 4.42 Å². The minimum atomic E-state index is -0.339. The molecule has 2 aromatic heterocycles. The highest BCUT2D eigenvalue weighted by molar-refractivity contribution is 6.03. The maximum atomic E-state index is 12.2. The van der Waals surface area contributed by atoms with Gasteiger partial charge in [0.2, 0.25) is 5.91 Å². The van der Waals surface area contributed by atoms with Gasteiger partial charge in [-0.25, -0.2) is 4.98 Å². The standard InChI is InChI=1S/C18H26N6O3/c1-13(5-8-24(2)3)22-16(25)12-19-11-15-10-14(4-6-20-15)17(26)23-18-21-7-9-27-18/h4,6-7,9-10,13,19H,5,8,11-12H2,1-3H3,(H,22,25)(H,21,23,26). The number of oxazole rings is 1. The van der Waals surface area contributed by atoms with Crippen LogP contribution in [0.25, 0.3) is 0 Å². The SMILES string of the molecule is CC(CCN(C)C)NC(=O)CNCc1cc(C(=O)Nc2ncco2)ccn1. The van der Waals surface area contributed by atoms with Gasteiger partial charge < -0.3 is 20.0 Å². The fourth-order valence-corrected chi connectivity index (χ4v) is 2.32. The number of pyridine rings is 1. The minimum absolute atomic E-state index is 0.0703. The van der Waals surface area contributed by atoms with E-state index in [1.54, 1.807) is 18.3 Å². The van der Waals surface area contributed by atoms with Gasteiger partial charge in [0.15, 0.2) is 0 Å². The Bertz CT molecular complexity index is 732. The molecule has 9 heteroatoms. The number of nitrogens with zero attached hydrogens (tertiary/aromatic N) is 3. The molecule has 1 unspecified atom stereocenters. The third-order valence-corrected chi connectivity index (χ3v) is 3.74. The summed E-state index contributed by atoms with van der Waals surface area (Å²) in [5, 5.41) is 8.53. The Labute approximate surface area is 158 Å². The largest absolute Gasteiger partial charge is 0.432 e. The second-order valence-electron chi connectivity index (χ2n) is 6.49. The number of hydrogen-bond acceptors (Lipinski definition) is 7. The van der Waals surface area contributed by atoms with Gasteiger partial charge in [0.1, 0.15) is 6.26 Å². The topological polar surface area (TPSA) is 112 Å². The molecule has 9 nitrogen and oxygen atoms in total. The van der Waals surface area contributed by atoms with Crippen molar-refractivity contribution < 1.29 is 14.0 Å². The Kier molecular flexibility index (Phi) is 7.90. The van der Waals surface area contributed by atoms with E-state index in [1.165, 1.54) is 12.5 Å². The highest BCUT2D eigenvalue weighted by Gasteiger charge is 2.11. The number of nitrogens with one attached hydrogen (secondary N) is 3. The maximum absolute atomic E-state index is 12.2. The van der Waals surface area contributed by atoms with E-state index in [0.29, 0.717) is 17.8 Å². The molecule has 0 aliphatic carbocycles. The zero-order valence-corrected chi connectivity index (χ0v) is 15.9. The van der Waals surface area contributed by atoms with Gasteiger partial charge in [-0.05, 0) is 46.1 Å². The first-order valence-corrected chi connectivity index (χ1v) is 8.74. The second kappa shape index (κ2) is 10.4. The summed E-state index contributed by atoms with van der Waals surface area (Å²) < 4.78 is 4.99. The summed E-state index contributed by atoms with van der Waals surface area (Å²) in [7, 11) is 4.01. The van der Waals surface area contributed by atoms with Crippen molar-refractivity contribution in [1.82, 2.24) is 25.5 Å². The van der Waals surface area contributed by atoms with Gasteiger partial charge in [-0.2, -0.15) is 0 Å². The van der Waals surface area contributed by atoms with Gasteiger partial charge in [0.05, 0.1) is 18.4 Å². The zero-order chi connectivity index (χ0) is 19.6. The molecule has 2 aromatic rings. The number of hydrogen-bond donors (Lipinski definition) is 3. The van der Waals surface area contributed by atoms with Crippen LogP contribution in [0.5, 0.6) is 0 Å². The number of amides is 2. The van der Waals surface area contributed by atoms with Crippen molar-refractivity contribution in [2.75, 3.05) is 32.5 Å². The van der Waals surface area contributed by atoms with Gasteiger partial charge >= 0.3 is 6.01 Å². The summed E-state index contributed by atoms with van der Waals surface area (Å²) in [6.07, 6.45) is 5.26. The first-order valence-electron chi connectivity index (χ1n) is 8.74. The van der Waals surface area contributed by atoms with Crippen LogP contribution in [0.15, 0.2) is 35.2 Å². The highest BCUT2D eigenvalue weighted by atomic mass is 16.4. The molecule has 2 heterocycles. The van der Waals surface area contributed by atoms with Crippen LogP contribution in [-0.4, -0.2) is 59.9 Å². The van der Waals surface area contributed by atoms with Crippen molar-refractivity contribution in [3.05, 3.63) is 42.0 Å². The van der Waals surface area contributed by atoms with Crippen LogP contribution in [0.2, 0.25) is 0 Å². The van der Waals surface area contributed by atoms with Crippen LogP contribution < -0.4 is 16.0 Å². The normalized spacial score (nSPS) is 12.0. The van der Waals surface area contributed by atoms with Crippen molar-refractivity contribution in [1.29, 1.82) is 0 Å². The Morgan fingerprint density at radius 3 is 2.78 bits per heavy atom. The molecule has 0 saturated heterocycles. The van der Waals surface area contributed by atoms with E-state index in [2.05, 4.69) is 30.8 Å². The van der Waals surface area contributed by atoms with Crippen LogP contribution >= 0.6 is 0 Å². The third kappa shape index (κ3) is 7.55. The number of rotatable bonds is 10. The fourth-order valence-electron chi connectivity index (χ4n) is 2.32. The van der Waals surface area contributed by atoms with E-state index in [1.807, 2.05) is 21.0 Å². The van der Waals surface area contributed by atoms with Gasteiger partial charge in [0, 0.05) is 24.3 Å². The van der Waals surface area contributed by atoms with E-state index in [0.717, 1.165) is 13.0 Å². The Hall–Kier alpha value is -2.78. The van der Waals surface area contributed by atoms with Gasteiger partial charge in [0.25, 0.3) is 5.91 Å². The fraction of sp³-hybridized carbons (Fsp3) is 0.444. The lowest BCUT2D eigenvalue weighted by Gasteiger charge is -2.16. The number of aromatic nitrogens is 2. The van der Waals surface area contributed by atoms with Crippen molar-refractivity contribution in [2.24, 2.45) is 0 Å². The summed E-state index contributed by atoms with van der Waals surface area (Å²) in [5.74, 6) is -0.410. The quantitative estimate of drug-likeness (QED) is 0.565. The van der Waals surface area contributed by atoms with Gasteiger partial charge in [-0.1, -0.05) is 0 Å². The summed E-state index contributed by atoms with van der Waals surface area (Å²) in [4.78, 5) is 34.2. The molecule has 0 fully saturated rings. The summed E-state index contributed by atoms with van der Waals surface area (Å²) in [5.41, 5.74) is 1.09. The summed E-state index contributed by atoms with van der Waals surface area (Å²) in [6, 6.07) is 3.50. The number of carbonyl (C=O) groups excluding carboxylic acids is 2. The van der Waals surface area contributed by atoms with Crippen LogP contribution in [0.1, 0.15) is 29.4 Å². The average Bonchev–Trinajstić information content (AvgIpc) is 3.13. The van der Waals surface area contributed by atoms with Crippen molar-refractivity contribution in [3.63, 3.8) is 0 Å². The summed E-state index contributed by atoms with van der Waals surface area (Å²) >= 11 is 0. The Morgan fingerprint density at radius 2 is 2.07 bits per heavy atom. The van der Waals surface area contributed by atoms with E-state index >= 15 is 0 Å². The second-order valence-corrected chi connectivity index (χ2v) is 6.49. The van der Waals surface area contributed by atoms with E-state index in [-0.39, 0.29) is 30.4 Å². The first-order chi connectivity index (χ1) is 12.9. The molecule has 0 spiro atoms. The van der Waals surface area contributed by atoms with E-state index in [9.17, 15) is 9.59 Å². The average molecular weight is 374 g/mol. The van der Waals surface area contributed by atoms with E-state index < -0.39 is 0 Å². The van der Waals surface area contributed by atoms with Gasteiger partial charge in [-0.3, -0.25) is 19.9 Å². The molecule has 0 aromatic carbocycles. The highest BCUT2D eigenvalue weighted by Crippen LogP contribution is 2.07. The molecule has 1 atom stereocenters. The molecule has 146 valence electrons. The van der Waals surface area contributed by atoms with Crippen molar-refractivity contribution in [2.45, 2.75) is 25.9 Å². The molecule has 0 saturated carbocycles. The lowest BCUT2D eigenvalue weighted by Crippen LogP contribution is -2.40. The molecule has 0 aliphatic heterocycles. The molecular formula is C18H26N6O3. The minimum Gasteiger partial charge on any atom is -0.432 e. The van der Waals surface area contributed by atoms with Crippen molar-refractivity contribution >= 4 is 17.8 Å². The molecule has 3 N–H and O–H groups in total. The molecule has 27 heavy (non-hydrogen) atoms. The maximum Gasteiger partial charge on any atom is 0.301 e. The number of carbonyl (C=O) groups is 2.